The molecular formula is C18H20N2O3. The Morgan fingerprint density at radius 2 is 1.78 bits per heavy atom. The second-order valence-corrected chi connectivity index (χ2v) is 5.43. The van der Waals surface area contributed by atoms with Gasteiger partial charge in [-0.15, -0.1) is 0 Å². The first kappa shape index (κ1) is 16.5. The largest absolute Gasteiger partial charge is 0.484 e. The molecule has 0 saturated carbocycles. The van der Waals surface area contributed by atoms with Crippen LogP contribution < -0.4 is 10.1 Å². The Balaban J connectivity index is 1.89. The summed E-state index contributed by atoms with van der Waals surface area (Å²) >= 11 is 0. The highest BCUT2D eigenvalue weighted by Gasteiger charge is 2.08. The van der Waals surface area contributed by atoms with Crippen LogP contribution in [0.3, 0.4) is 0 Å². The molecule has 0 atom stereocenters. The second kappa shape index (κ2) is 7.45. The first-order valence-electron chi connectivity index (χ1n) is 7.27. The molecule has 2 aromatic carbocycles. The minimum absolute atomic E-state index is 0.0676. The van der Waals surface area contributed by atoms with Crippen molar-refractivity contribution in [2.75, 3.05) is 26.0 Å². The Kier molecular flexibility index (Phi) is 5.36. The number of nitrogens with one attached hydrogen (secondary N) is 1. The number of nitrogens with zero attached hydrogens (tertiary/aromatic N) is 1. The Morgan fingerprint density at radius 1 is 1.09 bits per heavy atom. The number of hydrogen-bond donors (Lipinski definition) is 1. The van der Waals surface area contributed by atoms with Crippen LogP contribution in [0.15, 0.2) is 48.5 Å². The highest BCUT2D eigenvalue weighted by Crippen LogP contribution is 2.13. The molecule has 2 rings (SSSR count). The van der Waals surface area contributed by atoms with E-state index in [0.29, 0.717) is 17.0 Å². The van der Waals surface area contributed by atoms with Crippen LogP contribution in [0.2, 0.25) is 0 Å². The van der Waals surface area contributed by atoms with Crippen LogP contribution in [0.5, 0.6) is 5.75 Å². The zero-order valence-corrected chi connectivity index (χ0v) is 13.5. The molecule has 0 aliphatic carbocycles. The van der Waals surface area contributed by atoms with Crippen LogP contribution in [-0.4, -0.2) is 37.4 Å². The third-order valence-electron chi connectivity index (χ3n) is 3.18. The molecule has 120 valence electrons. The maximum absolute atomic E-state index is 11.9. The molecule has 23 heavy (non-hydrogen) atoms. The molecule has 0 heterocycles. The zero-order chi connectivity index (χ0) is 16.8. The Labute approximate surface area is 135 Å². The van der Waals surface area contributed by atoms with Crippen molar-refractivity contribution in [1.29, 1.82) is 0 Å². The summed E-state index contributed by atoms with van der Waals surface area (Å²) in [5.41, 5.74) is 2.27. The van der Waals surface area contributed by atoms with Gasteiger partial charge in [-0.25, -0.2) is 0 Å². The second-order valence-electron chi connectivity index (χ2n) is 5.43. The van der Waals surface area contributed by atoms with E-state index in [1.165, 1.54) is 4.90 Å². The van der Waals surface area contributed by atoms with Gasteiger partial charge in [0.25, 0.3) is 11.8 Å². The van der Waals surface area contributed by atoms with E-state index in [9.17, 15) is 9.59 Å². The lowest BCUT2D eigenvalue weighted by molar-refractivity contribution is -0.118. The van der Waals surface area contributed by atoms with Crippen molar-refractivity contribution in [3.8, 4) is 5.75 Å². The first-order valence-corrected chi connectivity index (χ1v) is 7.27. The summed E-state index contributed by atoms with van der Waals surface area (Å²) < 4.78 is 5.44. The van der Waals surface area contributed by atoms with Crippen molar-refractivity contribution < 1.29 is 14.3 Å². The van der Waals surface area contributed by atoms with Crippen molar-refractivity contribution in [2.24, 2.45) is 0 Å². The topological polar surface area (TPSA) is 58.6 Å². The van der Waals surface area contributed by atoms with E-state index in [4.69, 9.17) is 4.74 Å². The first-order chi connectivity index (χ1) is 11.0. The van der Waals surface area contributed by atoms with Gasteiger partial charge in [0.05, 0.1) is 0 Å². The zero-order valence-electron chi connectivity index (χ0n) is 13.5. The predicted molar refractivity (Wildman–Crippen MR) is 89.8 cm³/mol. The number of carbonyl (C=O) groups excluding carboxylic acids is 2. The molecule has 1 N–H and O–H groups in total. The number of ether oxygens (including phenoxy) is 1. The molecule has 0 saturated heterocycles. The molecule has 0 radical (unpaired) electrons. The highest BCUT2D eigenvalue weighted by atomic mass is 16.5. The fraction of sp³-hybridized carbons (Fsp3) is 0.222. The average Bonchev–Trinajstić information content (AvgIpc) is 2.53. The average molecular weight is 312 g/mol. The van der Waals surface area contributed by atoms with Gasteiger partial charge in [0.1, 0.15) is 5.75 Å². The number of aryl methyl sites for hydroxylation is 1. The third kappa shape index (κ3) is 4.85. The maximum atomic E-state index is 11.9. The third-order valence-corrected chi connectivity index (χ3v) is 3.18. The van der Waals surface area contributed by atoms with Gasteiger partial charge in [0.15, 0.2) is 6.61 Å². The molecule has 0 bridgehead atoms. The lowest BCUT2D eigenvalue weighted by Gasteiger charge is -2.11. The predicted octanol–water partition coefficient (Wildman–Crippen LogP) is 2.71. The monoisotopic (exact) mass is 312 g/mol. The van der Waals surface area contributed by atoms with E-state index < -0.39 is 0 Å². The molecule has 0 fully saturated rings. The van der Waals surface area contributed by atoms with Crippen molar-refractivity contribution in [2.45, 2.75) is 6.92 Å². The lowest BCUT2D eigenvalue weighted by Crippen LogP contribution is -2.22. The van der Waals surface area contributed by atoms with E-state index in [1.807, 2.05) is 31.2 Å². The molecule has 2 amide bonds. The van der Waals surface area contributed by atoms with Gasteiger partial charge >= 0.3 is 0 Å². The van der Waals surface area contributed by atoms with Gasteiger partial charge in [-0.2, -0.15) is 0 Å². The molecule has 0 aliphatic heterocycles. The Bertz CT molecular complexity index is 694. The molecular weight excluding hydrogens is 292 g/mol. The van der Waals surface area contributed by atoms with Crippen LogP contribution in [0.1, 0.15) is 15.9 Å². The van der Waals surface area contributed by atoms with Gasteiger partial charge < -0.3 is 15.0 Å². The maximum Gasteiger partial charge on any atom is 0.262 e. The molecule has 2 aromatic rings. The van der Waals surface area contributed by atoms with Gasteiger partial charge in [-0.3, -0.25) is 9.59 Å². The smallest absolute Gasteiger partial charge is 0.262 e. The van der Waals surface area contributed by atoms with E-state index in [-0.39, 0.29) is 18.4 Å². The van der Waals surface area contributed by atoms with Crippen LogP contribution in [0.4, 0.5) is 5.69 Å². The lowest BCUT2D eigenvalue weighted by atomic mass is 10.2. The van der Waals surface area contributed by atoms with Crippen molar-refractivity contribution in [3.63, 3.8) is 0 Å². The van der Waals surface area contributed by atoms with Crippen LogP contribution in [0.25, 0.3) is 0 Å². The molecule has 0 spiro atoms. The van der Waals surface area contributed by atoms with E-state index >= 15 is 0 Å². The fourth-order valence-electron chi connectivity index (χ4n) is 2.01. The summed E-state index contributed by atoms with van der Waals surface area (Å²) in [4.78, 5) is 25.2. The normalized spacial score (nSPS) is 10.0. The minimum atomic E-state index is -0.252. The van der Waals surface area contributed by atoms with Gasteiger partial charge in [-0.05, 0) is 48.9 Å². The number of amides is 2. The number of benzene rings is 2. The summed E-state index contributed by atoms with van der Waals surface area (Å²) in [6.45, 7) is 1.89. The summed E-state index contributed by atoms with van der Waals surface area (Å²) in [5, 5.41) is 2.73. The number of rotatable bonds is 5. The van der Waals surface area contributed by atoms with Crippen LogP contribution in [0, 0.1) is 6.92 Å². The highest BCUT2D eigenvalue weighted by molar-refractivity contribution is 5.95. The minimum Gasteiger partial charge on any atom is -0.484 e. The quantitative estimate of drug-likeness (QED) is 0.923. The van der Waals surface area contributed by atoms with Gasteiger partial charge in [0.2, 0.25) is 0 Å². The number of hydrogen-bond acceptors (Lipinski definition) is 3. The van der Waals surface area contributed by atoms with Gasteiger partial charge in [0, 0.05) is 25.3 Å². The molecule has 0 unspecified atom stereocenters. The van der Waals surface area contributed by atoms with Crippen LogP contribution >= 0.6 is 0 Å². The summed E-state index contributed by atoms with van der Waals surface area (Å²) in [6.07, 6.45) is 0. The molecule has 0 aromatic heterocycles. The number of carbonyl (C=O) groups is 2. The van der Waals surface area contributed by atoms with Crippen molar-refractivity contribution >= 4 is 17.5 Å². The van der Waals surface area contributed by atoms with Gasteiger partial charge in [-0.1, -0.05) is 12.1 Å². The number of anilines is 1. The van der Waals surface area contributed by atoms with Crippen LogP contribution in [-0.2, 0) is 4.79 Å². The van der Waals surface area contributed by atoms with Crippen molar-refractivity contribution in [3.05, 3.63) is 59.7 Å². The Morgan fingerprint density at radius 3 is 2.39 bits per heavy atom. The Hall–Kier alpha value is -2.82. The van der Waals surface area contributed by atoms with E-state index in [0.717, 1.165) is 5.56 Å². The summed E-state index contributed by atoms with van der Waals surface area (Å²) in [6, 6.07) is 14.3. The molecule has 0 aliphatic rings. The van der Waals surface area contributed by atoms with E-state index in [1.54, 1.807) is 38.4 Å². The standard InChI is InChI=1S/C18H20N2O3/c1-13-5-4-6-16(11-13)23-12-17(21)19-15-9-7-14(8-10-15)18(22)20(2)3/h4-11H,12H2,1-3H3,(H,19,21). The summed E-state index contributed by atoms with van der Waals surface area (Å²) in [5.74, 6) is 0.330. The van der Waals surface area contributed by atoms with E-state index in [2.05, 4.69) is 5.32 Å². The SMILES string of the molecule is Cc1cccc(OCC(=O)Nc2ccc(C(=O)N(C)C)cc2)c1. The molecule has 5 heteroatoms. The molecule has 5 nitrogen and oxygen atoms in total. The fourth-order valence-corrected chi connectivity index (χ4v) is 2.01. The van der Waals surface area contributed by atoms with Crippen molar-refractivity contribution in [1.82, 2.24) is 4.90 Å². The summed E-state index contributed by atoms with van der Waals surface area (Å²) in [7, 11) is 3.39.